The summed E-state index contributed by atoms with van der Waals surface area (Å²) in [6.45, 7) is 4.17. The highest BCUT2D eigenvalue weighted by Crippen LogP contribution is 2.28. The van der Waals surface area contributed by atoms with Crippen LogP contribution in [0.3, 0.4) is 0 Å². The standard InChI is InChI=1S/C24H31N5O/c1-25-24(26-13-4-14-30-17-21-11-12-21)27-15-19-7-9-20(10-8-19)16-29-18-28-22-5-2-3-6-23(22)29/h2-3,5-10,18,21H,4,11-17H2,1H3,(H2,25,26,27). The number of imidazole rings is 1. The molecule has 1 saturated carbocycles. The average molecular weight is 406 g/mol. The van der Waals surface area contributed by atoms with E-state index in [2.05, 4.69) is 61.6 Å². The van der Waals surface area contributed by atoms with Gasteiger partial charge in [0.05, 0.1) is 17.4 Å². The predicted octanol–water partition coefficient (Wildman–Crippen LogP) is 3.57. The van der Waals surface area contributed by atoms with Crippen LogP contribution in [0.25, 0.3) is 11.0 Å². The van der Waals surface area contributed by atoms with Crippen LogP contribution in [0.15, 0.2) is 59.9 Å². The van der Waals surface area contributed by atoms with Gasteiger partial charge in [0.1, 0.15) is 0 Å². The van der Waals surface area contributed by atoms with Gasteiger partial charge in [-0.1, -0.05) is 36.4 Å². The molecule has 0 radical (unpaired) electrons. The summed E-state index contributed by atoms with van der Waals surface area (Å²) in [6, 6.07) is 16.9. The summed E-state index contributed by atoms with van der Waals surface area (Å²) in [5.74, 6) is 1.66. The molecule has 0 unspecified atom stereocenters. The molecule has 0 saturated heterocycles. The van der Waals surface area contributed by atoms with Crippen LogP contribution >= 0.6 is 0 Å². The molecule has 4 rings (SSSR count). The lowest BCUT2D eigenvalue weighted by Gasteiger charge is -2.12. The van der Waals surface area contributed by atoms with E-state index in [-0.39, 0.29) is 0 Å². The van der Waals surface area contributed by atoms with Gasteiger partial charge in [-0.2, -0.15) is 0 Å². The highest BCUT2D eigenvalue weighted by Gasteiger charge is 2.20. The van der Waals surface area contributed by atoms with Gasteiger partial charge in [-0.15, -0.1) is 0 Å². The van der Waals surface area contributed by atoms with Crippen molar-refractivity contribution >= 4 is 17.0 Å². The van der Waals surface area contributed by atoms with Gasteiger partial charge < -0.3 is 19.9 Å². The molecule has 6 nitrogen and oxygen atoms in total. The number of guanidine groups is 1. The number of aromatic nitrogens is 2. The quantitative estimate of drug-likeness (QED) is 0.308. The van der Waals surface area contributed by atoms with E-state index in [0.717, 1.165) is 62.2 Å². The van der Waals surface area contributed by atoms with E-state index in [1.165, 1.54) is 24.0 Å². The molecule has 3 aromatic rings. The lowest BCUT2D eigenvalue weighted by Crippen LogP contribution is -2.37. The van der Waals surface area contributed by atoms with E-state index < -0.39 is 0 Å². The first-order chi connectivity index (χ1) is 14.8. The number of para-hydroxylation sites is 2. The van der Waals surface area contributed by atoms with Crippen molar-refractivity contribution in [2.45, 2.75) is 32.4 Å². The first-order valence-corrected chi connectivity index (χ1v) is 10.8. The summed E-state index contributed by atoms with van der Waals surface area (Å²) < 4.78 is 7.85. The molecule has 0 bridgehead atoms. The Morgan fingerprint density at radius 2 is 1.90 bits per heavy atom. The fraction of sp³-hybridized carbons (Fsp3) is 0.417. The van der Waals surface area contributed by atoms with Crippen LogP contribution in [0.4, 0.5) is 0 Å². The molecule has 6 heteroatoms. The van der Waals surface area contributed by atoms with Crippen LogP contribution < -0.4 is 10.6 Å². The normalized spacial score (nSPS) is 14.2. The third-order valence-corrected chi connectivity index (χ3v) is 5.40. The molecule has 30 heavy (non-hydrogen) atoms. The Morgan fingerprint density at radius 3 is 2.70 bits per heavy atom. The monoisotopic (exact) mass is 405 g/mol. The van der Waals surface area contributed by atoms with Crippen molar-refractivity contribution in [1.29, 1.82) is 0 Å². The Kier molecular flexibility index (Phi) is 6.98. The van der Waals surface area contributed by atoms with Crippen molar-refractivity contribution in [3.8, 4) is 0 Å². The van der Waals surface area contributed by atoms with E-state index in [9.17, 15) is 0 Å². The summed E-state index contributed by atoms with van der Waals surface area (Å²) in [5.41, 5.74) is 4.68. The van der Waals surface area contributed by atoms with Crippen LogP contribution in [-0.2, 0) is 17.8 Å². The first-order valence-electron chi connectivity index (χ1n) is 10.8. The van der Waals surface area contributed by atoms with E-state index in [0.29, 0.717) is 0 Å². The Morgan fingerprint density at radius 1 is 1.10 bits per heavy atom. The fourth-order valence-corrected chi connectivity index (χ4v) is 3.42. The van der Waals surface area contributed by atoms with E-state index >= 15 is 0 Å². The van der Waals surface area contributed by atoms with Gasteiger partial charge >= 0.3 is 0 Å². The van der Waals surface area contributed by atoms with Crippen molar-refractivity contribution in [2.24, 2.45) is 10.9 Å². The summed E-state index contributed by atoms with van der Waals surface area (Å²) in [5, 5.41) is 6.73. The Bertz CT molecular complexity index is 959. The van der Waals surface area contributed by atoms with Gasteiger partial charge in [0.15, 0.2) is 5.96 Å². The van der Waals surface area contributed by atoms with Crippen LogP contribution in [0.2, 0.25) is 0 Å². The zero-order valence-electron chi connectivity index (χ0n) is 17.7. The second kappa shape index (κ2) is 10.3. The van der Waals surface area contributed by atoms with E-state index in [4.69, 9.17) is 4.74 Å². The molecule has 158 valence electrons. The number of aliphatic imine (C=N–C) groups is 1. The second-order valence-corrected chi connectivity index (χ2v) is 7.90. The number of hydrogen-bond acceptors (Lipinski definition) is 3. The molecular weight excluding hydrogens is 374 g/mol. The van der Waals surface area contributed by atoms with E-state index in [1.807, 2.05) is 18.5 Å². The summed E-state index contributed by atoms with van der Waals surface area (Å²) in [6.07, 6.45) is 5.59. The van der Waals surface area contributed by atoms with Crippen molar-refractivity contribution in [3.63, 3.8) is 0 Å². The molecule has 1 aliphatic carbocycles. The molecule has 1 aromatic heterocycles. The molecule has 1 fully saturated rings. The number of ether oxygens (including phenoxy) is 1. The smallest absolute Gasteiger partial charge is 0.191 e. The molecule has 1 aliphatic rings. The number of rotatable bonds is 10. The van der Waals surface area contributed by atoms with Crippen LogP contribution in [0, 0.1) is 5.92 Å². The Balaban J connectivity index is 1.20. The molecule has 2 N–H and O–H groups in total. The Labute approximate surface area is 178 Å². The summed E-state index contributed by atoms with van der Waals surface area (Å²) >= 11 is 0. The zero-order chi connectivity index (χ0) is 20.6. The topological polar surface area (TPSA) is 63.5 Å². The highest BCUT2D eigenvalue weighted by atomic mass is 16.5. The average Bonchev–Trinajstić information content (AvgIpc) is 3.53. The second-order valence-electron chi connectivity index (χ2n) is 7.90. The van der Waals surface area contributed by atoms with Crippen LogP contribution in [0.5, 0.6) is 0 Å². The summed E-state index contributed by atoms with van der Waals surface area (Å²) in [7, 11) is 1.80. The lowest BCUT2D eigenvalue weighted by molar-refractivity contribution is 0.123. The predicted molar refractivity (Wildman–Crippen MR) is 122 cm³/mol. The maximum absolute atomic E-state index is 5.67. The van der Waals surface area contributed by atoms with Crippen LogP contribution in [-0.4, -0.2) is 42.3 Å². The Hall–Kier alpha value is -2.86. The minimum Gasteiger partial charge on any atom is -0.381 e. The minimum absolute atomic E-state index is 0.742. The highest BCUT2D eigenvalue weighted by molar-refractivity contribution is 5.79. The third kappa shape index (κ3) is 5.83. The zero-order valence-corrected chi connectivity index (χ0v) is 17.7. The molecule has 0 spiro atoms. The maximum atomic E-state index is 5.67. The number of nitrogens with zero attached hydrogens (tertiary/aromatic N) is 3. The lowest BCUT2D eigenvalue weighted by atomic mass is 10.1. The number of nitrogens with one attached hydrogen (secondary N) is 2. The van der Waals surface area contributed by atoms with Gasteiger partial charge in [0.2, 0.25) is 0 Å². The van der Waals surface area contributed by atoms with Gasteiger partial charge in [0.25, 0.3) is 0 Å². The van der Waals surface area contributed by atoms with Crippen molar-refractivity contribution in [2.75, 3.05) is 26.8 Å². The maximum Gasteiger partial charge on any atom is 0.191 e. The molecule has 0 aliphatic heterocycles. The molecular formula is C24H31N5O. The van der Waals surface area contributed by atoms with Crippen molar-refractivity contribution in [1.82, 2.24) is 20.2 Å². The fourth-order valence-electron chi connectivity index (χ4n) is 3.42. The largest absolute Gasteiger partial charge is 0.381 e. The van der Waals surface area contributed by atoms with Gasteiger partial charge in [-0.25, -0.2) is 4.98 Å². The summed E-state index contributed by atoms with van der Waals surface area (Å²) in [4.78, 5) is 8.77. The van der Waals surface area contributed by atoms with Crippen LogP contribution in [0.1, 0.15) is 30.4 Å². The van der Waals surface area contributed by atoms with Crippen molar-refractivity contribution in [3.05, 3.63) is 66.0 Å². The molecule has 0 amide bonds. The third-order valence-electron chi connectivity index (χ3n) is 5.40. The van der Waals surface area contributed by atoms with Gasteiger partial charge in [0, 0.05) is 39.9 Å². The minimum atomic E-state index is 0.742. The number of benzene rings is 2. The molecule has 0 atom stereocenters. The van der Waals surface area contributed by atoms with Gasteiger partial charge in [-0.3, -0.25) is 4.99 Å². The van der Waals surface area contributed by atoms with Crippen molar-refractivity contribution < 1.29 is 4.74 Å². The molecule has 1 heterocycles. The van der Waals surface area contributed by atoms with Gasteiger partial charge in [-0.05, 0) is 48.4 Å². The SMILES string of the molecule is CN=C(NCCCOCC1CC1)NCc1ccc(Cn2cnc3ccccc32)cc1. The first kappa shape index (κ1) is 20.4. The number of fused-ring (bicyclic) bond motifs is 1. The molecule has 2 aromatic carbocycles. The van der Waals surface area contributed by atoms with E-state index in [1.54, 1.807) is 7.05 Å². The number of hydrogen-bond donors (Lipinski definition) is 2.